The molecule has 0 atom stereocenters. The fourth-order valence-corrected chi connectivity index (χ4v) is 10.6. The first-order valence-corrected chi connectivity index (χ1v) is 24.3. The molecule has 0 fully saturated rings. The summed E-state index contributed by atoms with van der Waals surface area (Å²) < 4.78 is 15.3. The molecule has 0 spiro atoms. The lowest BCUT2D eigenvalue weighted by Crippen LogP contribution is -2.60. The molecule has 4 heterocycles. The van der Waals surface area contributed by atoms with Crippen LogP contribution in [0.4, 0.5) is 51.2 Å². The predicted octanol–water partition coefficient (Wildman–Crippen LogP) is 15.9. The highest BCUT2D eigenvalue weighted by atomic mass is 16.3. The molecule has 340 valence electrons. The Kier molecular flexibility index (Phi) is 9.82. The van der Waals surface area contributed by atoms with Crippen LogP contribution in [0.3, 0.4) is 0 Å². The molecule has 11 rings (SSSR count). The molecule has 5 nitrogen and oxygen atoms in total. The average Bonchev–Trinajstić information content (AvgIpc) is 3.87. The van der Waals surface area contributed by atoms with Gasteiger partial charge in [-0.25, -0.2) is 0 Å². The van der Waals surface area contributed by atoms with Crippen molar-refractivity contribution < 1.29 is 8.83 Å². The summed E-state index contributed by atoms with van der Waals surface area (Å²) in [6, 6.07) is 57.7. The lowest BCUT2D eigenvalue weighted by Gasteiger charge is -2.41. The Labute approximate surface area is 403 Å². The molecule has 0 unspecified atom stereocenters. The monoisotopic (exact) mass is 891 g/mol. The minimum absolute atomic E-state index is 0.115. The molecule has 0 saturated carbocycles. The van der Waals surface area contributed by atoms with E-state index in [4.69, 9.17) is 8.83 Å². The summed E-state index contributed by atoms with van der Waals surface area (Å²) in [5, 5.41) is 2.21. The van der Waals surface area contributed by atoms with E-state index in [1.54, 1.807) is 0 Å². The van der Waals surface area contributed by atoms with Crippen molar-refractivity contribution in [1.29, 1.82) is 0 Å². The van der Waals surface area contributed by atoms with E-state index in [0.717, 1.165) is 89.9 Å². The van der Waals surface area contributed by atoms with Gasteiger partial charge in [-0.05, 0) is 111 Å². The fraction of sp³-hybridized carbons (Fsp3) is 0.258. The van der Waals surface area contributed by atoms with Crippen LogP contribution >= 0.6 is 0 Å². The van der Waals surface area contributed by atoms with Gasteiger partial charge in [0.05, 0.1) is 17.1 Å². The van der Waals surface area contributed by atoms with E-state index < -0.39 is 0 Å². The third kappa shape index (κ3) is 6.97. The maximum absolute atomic E-state index is 7.67. The summed E-state index contributed by atoms with van der Waals surface area (Å²) in [5.74, 6) is 0. The van der Waals surface area contributed by atoms with E-state index >= 15 is 0 Å². The van der Waals surface area contributed by atoms with Crippen molar-refractivity contribution in [2.24, 2.45) is 0 Å². The van der Waals surface area contributed by atoms with Crippen molar-refractivity contribution in [2.75, 3.05) is 14.7 Å². The Morgan fingerprint density at radius 3 is 1.09 bits per heavy atom. The van der Waals surface area contributed by atoms with Gasteiger partial charge in [0.25, 0.3) is 0 Å². The molecule has 0 bridgehead atoms. The average molecular weight is 892 g/mol. The minimum atomic E-state index is -0.377. The molecule has 0 amide bonds. The van der Waals surface area contributed by atoms with Crippen LogP contribution in [0, 0.1) is 0 Å². The van der Waals surface area contributed by atoms with Gasteiger partial charge in [0.2, 0.25) is 0 Å². The number of fused-ring (bicyclic) bond motifs is 8. The van der Waals surface area contributed by atoms with E-state index in [1.165, 1.54) is 22.3 Å². The summed E-state index contributed by atoms with van der Waals surface area (Å²) in [5.41, 5.74) is 18.7. The van der Waals surface area contributed by atoms with Gasteiger partial charge < -0.3 is 23.5 Å². The summed E-state index contributed by atoms with van der Waals surface area (Å²) in [6.45, 7) is 27.4. The topological polar surface area (TPSA) is 36.0 Å². The van der Waals surface area contributed by atoms with Crippen LogP contribution in [-0.4, -0.2) is 6.71 Å². The second kappa shape index (κ2) is 15.3. The van der Waals surface area contributed by atoms with Gasteiger partial charge >= 0.3 is 6.71 Å². The van der Waals surface area contributed by atoms with Gasteiger partial charge in [0, 0.05) is 56.0 Å². The molecule has 7 aromatic carbocycles. The van der Waals surface area contributed by atoms with Gasteiger partial charge in [0.15, 0.2) is 0 Å². The van der Waals surface area contributed by atoms with Gasteiger partial charge in [0.1, 0.15) is 22.5 Å². The second-order valence-corrected chi connectivity index (χ2v) is 23.1. The summed E-state index contributed by atoms with van der Waals surface area (Å²) in [4.78, 5) is 7.37. The number of nitrogens with zero attached hydrogens (tertiary/aromatic N) is 3. The standard InChI is InChI=1S/C62H62BN3O2/c1-59(2,3)39-33-46-53-57(67-55(46)48(35-39)61(7,8)9)63-52-50(65(53)43-29-21-15-22-30-43)37-45(64(41-25-17-13-18-26-41)42-27-19-14-20-28-42)38-51(52)66(44-31-23-16-24-32-44)54-47-34-40(60(4,5)6)36-49(62(10,11)12)56(47)68-58(54)63/h13-38H,1-12H3. The number of furan rings is 2. The maximum Gasteiger partial charge on any atom is 0.342 e. The first kappa shape index (κ1) is 43.6. The van der Waals surface area contributed by atoms with Crippen molar-refractivity contribution >= 4 is 96.6 Å². The normalized spacial score (nSPS) is 13.8. The van der Waals surface area contributed by atoms with Crippen molar-refractivity contribution in [3.63, 3.8) is 0 Å². The summed E-state index contributed by atoms with van der Waals surface area (Å²) in [6.07, 6.45) is 0. The minimum Gasteiger partial charge on any atom is -0.468 e. The summed E-state index contributed by atoms with van der Waals surface area (Å²) >= 11 is 0. The number of para-hydroxylation sites is 4. The molecule has 2 aromatic heterocycles. The predicted molar refractivity (Wildman–Crippen MR) is 289 cm³/mol. The Hall–Kier alpha value is -6.92. The van der Waals surface area contributed by atoms with Gasteiger partial charge in [-0.1, -0.05) is 168 Å². The van der Waals surface area contributed by atoms with Gasteiger partial charge in [-0.3, -0.25) is 0 Å². The largest absolute Gasteiger partial charge is 0.468 e. The van der Waals surface area contributed by atoms with Crippen molar-refractivity contribution in [2.45, 2.75) is 105 Å². The molecule has 0 aliphatic carbocycles. The lowest BCUT2D eigenvalue weighted by atomic mass is 9.37. The number of anilines is 9. The zero-order chi connectivity index (χ0) is 47.7. The highest BCUT2D eigenvalue weighted by Gasteiger charge is 2.51. The molecule has 2 aliphatic rings. The molecule has 68 heavy (non-hydrogen) atoms. The molecular formula is C62H62BN3O2. The Morgan fingerprint density at radius 1 is 0.397 bits per heavy atom. The van der Waals surface area contributed by atoms with E-state index in [1.807, 2.05) is 0 Å². The van der Waals surface area contributed by atoms with Crippen LogP contribution in [0.2, 0.25) is 0 Å². The fourth-order valence-electron chi connectivity index (χ4n) is 10.6. The van der Waals surface area contributed by atoms with Crippen LogP contribution in [-0.2, 0) is 21.7 Å². The number of benzene rings is 7. The Balaban J connectivity index is 1.36. The number of rotatable bonds is 5. The Bertz CT molecular complexity index is 3160. The smallest absolute Gasteiger partial charge is 0.342 e. The summed E-state index contributed by atoms with van der Waals surface area (Å²) in [7, 11) is 0. The molecule has 0 saturated heterocycles. The highest BCUT2D eigenvalue weighted by Crippen LogP contribution is 2.53. The molecule has 9 aromatic rings. The highest BCUT2D eigenvalue weighted by molar-refractivity contribution is 6.99. The van der Waals surface area contributed by atoms with Gasteiger partial charge in [-0.15, -0.1) is 0 Å². The van der Waals surface area contributed by atoms with Crippen molar-refractivity contribution in [1.82, 2.24) is 0 Å². The van der Waals surface area contributed by atoms with E-state index in [0.29, 0.717) is 0 Å². The van der Waals surface area contributed by atoms with Gasteiger partial charge in [-0.2, -0.15) is 0 Å². The maximum atomic E-state index is 7.67. The first-order chi connectivity index (χ1) is 32.3. The molecule has 2 aliphatic heterocycles. The van der Waals surface area contributed by atoms with Crippen molar-refractivity contribution in [3.05, 3.63) is 180 Å². The van der Waals surface area contributed by atoms with E-state index in [-0.39, 0.29) is 28.4 Å². The Morgan fingerprint density at radius 2 is 0.750 bits per heavy atom. The number of hydrogen-bond donors (Lipinski definition) is 0. The zero-order valence-corrected chi connectivity index (χ0v) is 41.7. The zero-order valence-electron chi connectivity index (χ0n) is 41.7. The van der Waals surface area contributed by atoms with Crippen molar-refractivity contribution in [3.8, 4) is 0 Å². The van der Waals surface area contributed by atoms with E-state index in [2.05, 4.69) is 256 Å². The SMILES string of the molecule is CC(C)(C)c1cc(C(C)(C)C)c2oc3c(c2c1)N(c1ccccc1)c1cc(N(c2ccccc2)c2ccccc2)cc2c1B3c1oc3c(C(C)(C)C)cc(C(C)(C)C)cc3c1N2c1ccccc1. The molecule has 0 radical (unpaired) electrons. The lowest BCUT2D eigenvalue weighted by molar-refractivity contribution is 0.555. The molecule has 6 heteroatoms. The van der Waals surface area contributed by atoms with Crippen LogP contribution in [0.25, 0.3) is 21.9 Å². The quantitative estimate of drug-likeness (QED) is 0.161. The van der Waals surface area contributed by atoms with E-state index in [9.17, 15) is 0 Å². The first-order valence-electron chi connectivity index (χ1n) is 24.3. The third-order valence-electron chi connectivity index (χ3n) is 14.1. The van der Waals surface area contributed by atoms with Crippen LogP contribution in [0.15, 0.2) is 167 Å². The second-order valence-electron chi connectivity index (χ2n) is 23.1. The number of hydrogen-bond acceptors (Lipinski definition) is 5. The molecule has 0 N–H and O–H groups in total. The van der Waals surface area contributed by atoms with Crippen LogP contribution < -0.4 is 31.5 Å². The third-order valence-corrected chi connectivity index (χ3v) is 14.1. The van der Waals surface area contributed by atoms with Crippen LogP contribution in [0.1, 0.15) is 105 Å². The molecular weight excluding hydrogens is 830 g/mol. The van der Waals surface area contributed by atoms with Crippen LogP contribution in [0.5, 0.6) is 0 Å².